The Kier molecular flexibility index (Phi) is 3.35. The van der Waals surface area contributed by atoms with Gasteiger partial charge < -0.3 is 0 Å². The van der Waals surface area contributed by atoms with Crippen LogP contribution in [0, 0.1) is 5.41 Å². The van der Waals surface area contributed by atoms with Crippen molar-refractivity contribution < 1.29 is 17.4 Å². The number of Topliss-reactive ketones (excluding diaryl/α,β-unsaturated/α-hetero) is 1. The van der Waals surface area contributed by atoms with Gasteiger partial charge in [0, 0.05) is 6.42 Å². The molecular formula is C10H16O4S. The maximum atomic E-state index is 11.7. The fourth-order valence-corrected chi connectivity index (χ4v) is 2.69. The molecule has 5 heteroatoms. The van der Waals surface area contributed by atoms with Crippen LogP contribution in [0.3, 0.4) is 0 Å². The van der Waals surface area contributed by atoms with Crippen molar-refractivity contribution in [2.45, 2.75) is 32.3 Å². The number of carbonyl (C=O) groups excluding carboxylic acids is 1. The van der Waals surface area contributed by atoms with Crippen LogP contribution in [0.15, 0.2) is 12.7 Å². The molecule has 0 amide bonds. The third-order valence-corrected chi connectivity index (χ3v) is 3.42. The average molecular weight is 232 g/mol. The first-order valence-corrected chi connectivity index (χ1v) is 6.64. The molecular weight excluding hydrogens is 216 g/mol. The summed E-state index contributed by atoms with van der Waals surface area (Å²) in [5.41, 5.74) is -0.731. The van der Waals surface area contributed by atoms with Crippen molar-refractivity contribution in [2.24, 2.45) is 5.41 Å². The van der Waals surface area contributed by atoms with Crippen molar-refractivity contribution in [3.63, 3.8) is 0 Å². The van der Waals surface area contributed by atoms with Crippen LogP contribution in [0.25, 0.3) is 0 Å². The molecule has 0 aromatic rings. The van der Waals surface area contributed by atoms with Gasteiger partial charge in [0.15, 0.2) is 0 Å². The van der Waals surface area contributed by atoms with Gasteiger partial charge in [0.1, 0.15) is 5.78 Å². The topological polar surface area (TPSA) is 60.4 Å². The second-order valence-corrected chi connectivity index (χ2v) is 5.76. The molecule has 0 aromatic carbocycles. The van der Waals surface area contributed by atoms with Crippen molar-refractivity contribution >= 4 is 15.9 Å². The molecule has 1 aliphatic carbocycles. The Balaban J connectivity index is 2.90. The summed E-state index contributed by atoms with van der Waals surface area (Å²) in [4.78, 5) is 11.7. The van der Waals surface area contributed by atoms with Gasteiger partial charge >= 0.3 is 0 Å². The SMILES string of the molecule is C=CC[C@@]1(C)C(=O)CC[C@@H]1OS(C)(=O)=O. The molecule has 0 unspecified atom stereocenters. The van der Waals surface area contributed by atoms with Gasteiger partial charge in [0.05, 0.1) is 17.8 Å². The number of hydrogen-bond acceptors (Lipinski definition) is 4. The third kappa shape index (κ3) is 2.66. The summed E-state index contributed by atoms with van der Waals surface area (Å²) >= 11 is 0. The zero-order valence-electron chi connectivity index (χ0n) is 9.02. The Morgan fingerprint density at radius 2 is 2.27 bits per heavy atom. The van der Waals surface area contributed by atoms with E-state index in [1.807, 2.05) is 0 Å². The van der Waals surface area contributed by atoms with Gasteiger partial charge in [-0.15, -0.1) is 6.58 Å². The Bertz CT molecular complexity index is 371. The van der Waals surface area contributed by atoms with E-state index in [-0.39, 0.29) is 5.78 Å². The summed E-state index contributed by atoms with van der Waals surface area (Å²) in [5, 5.41) is 0. The maximum absolute atomic E-state index is 11.7. The minimum Gasteiger partial charge on any atom is -0.299 e. The predicted octanol–water partition coefficient (Wildman–Crippen LogP) is 1.28. The van der Waals surface area contributed by atoms with Gasteiger partial charge in [-0.2, -0.15) is 8.42 Å². The smallest absolute Gasteiger partial charge is 0.264 e. The van der Waals surface area contributed by atoms with Crippen molar-refractivity contribution in [3.05, 3.63) is 12.7 Å². The second-order valence-electron chi connectivity index (χ2n) is 4.16. The molecule has 1 fully saturated rings. The normalized spacial score (nSPS) is 31.9. The lowest BCUT2D eigenvalue weighted by atomic mass is 9.82. The standard InChI is InChI=1S/C10H16O4S/c1-4-7-10(2)8(11)5-6-9(10)14-15(3,12)13/h4,9H,1,5-7H2,2-3H3/t9-,10-/m0/s1. The summed E-state index contributed by atoms with van der Waals surface area (Å²) < 4.78 is 27.0. The molecule has 4 nitrogen and oxygen atoms in total. The predicted molar refractivity (Wildman–Crippen MR) is 56.9 cm³/mol. The van der Waals surface area contributed by atoms with E-state index in [9.17, 15) is 13.2 Å². The molecule has 86 valence electrons. The Hall–Kier alpha value is -0.680. The van der Waals surface area contributed by atoms with E-state index in [0.29, 0.717) is 19.3 Å². The van der Waals surface area contributed by atoms with E-state index in [2.05, 4.69) is 6.58 Å². The number of carbonyl (C=O) groups is 1. The van der Waals surface area contributed by atoms with E-state index >= 15 is 0 Å². The largest absolute Gasteiger partial charge is 0.299 e. The first-order valence-electron chi connectivity index (χ1n) is 4.82. The highest BCUT2D eigenvalue weighted by molar-refractivity contribution is 7.86. The molecule has 1 rings (SSSR count). The van der Waals surface area contributed by atoms with Crippen LogP contribution < -0.4 is 0 Å². The van der Waals surface area contributed by atoms with Crippen molar-refractivity contribution in [1.29, 1.82) is 0 Å². The van der Waals surface area contributed by atoms with Crippen molar-refractivity contribution in [2.75, 3.05) is 6.26 Å². The van der Waals surface area contributed by atoms with Gasteiger partial charge in [-0.3, -0.25) is 8.98 Å². The lowest BCUT2D eigenvalue weighted by molar-refractivity contribution is -0.127. The number of allylic oxidation sites excluding steroid dienone is 1. The van der Waals surface area contributed by atoms with Crippen LogP contribution in [0.5, 0.6) is 0 Å². The van der Waals surface area contributed by atoms with Gasteiger partial charge in [0.25, 0.3) is 10.1 Å². The van der Waals surface area contributed by atoms with Gasteiger partial charge in [-0.05, 0) is 19.8 Å². The van der Waals surface area contributed by atoms with Crippen LogP contribution in [0.2, 0.25) is 0 Å². The van der Waals surface area contributed by atoms with Gasteiger partial charge in [0.2, 0.25) is 0 Å². The monoisotopic (exact) mass is 232 g/mol. The van der Waals surface area contributed by atoms with E-state index < -0.39 is 21.6 Å². The molecule has 0 spiro atoms. The Morgan fingerprint density at radius 1 is 1.67 bits per heavy atom. The van der Waals surface area contributed by atoms with E-state index in [4.69, 9.17) is 4.18 Å². The fraction of sp³-hybridized carbons (Fsp3) is 0.700. The summed E-state index contributed by atoms with van der Waals surface area (Å²) in [7, 11) is -3.51. The summed E-state index contributed by atoms with van der Waals surface area (Å²) in [5.74, 6) is 0.0519. The van der Waals surface area contributed by atoms with Crippen LogP contribution in [-0.4, -0.2) is 26.6 Å². The maximum Gasteiger partial charge on any atom is 0.264 e. The van der Waals surface area contributed by atoms with Crippen LogP contribution in [-0.2, 0) is 19.1 Å². The summed E-state index contributed by atoms with van der Waals surface area (Å²) in [6.45, 7) is 5.31. The average Bonchev–Trinajstić information content (AvgIpc) is 2.31. The zero-order valence-corrected chi connectivity index (χ0v) is 9.84. The quantitative estimate of drug-likeness (QED) is 0.541. The fourth-order valence-electron chi connectivity index (χ4n) is 1.96. The minimum absolute atomic E-state index is 0.0519. The summed E-state index contributed by atoms with van der Waals surface area (Å²) in [6, 6.07) is 0. The highest BCUT2D eigenvalue weighted by atomic mass is 32.2. The first-order chi connectivity index (χ1) is 6.79. The minimum atomic E-state index is -3.51. The summed E-state index contributed by atoms with van der Waals surface area (Å²) in [6.07, 6.45) is 3.39. The van der Waals surface area contributed by atoms with Crippen LogP contribution >= 0.6 is 0 Å². The lowest BCUT2D eigenvalue weighted by Gasteiger charge is -2.27. The second kappa shape index (κ2) is 4.06. The molecule has 0 aliphatic heterocycles. The third-order valence-electron chi connectivity index (χ3n) is 2.84. The molecule has 1 saturated carbocycles. The van der Waals surface area contributed by atoms with Gasteiger partial charge in [-0.25, -0.2) is 0 Å². The van der Waals surface area contributed by atoms with Crippen molar-refractivity contribution in [1.82, 2.24) is 0 Å². The number of hydrogen-bond donors (Lipinski definition) is 0. The highest BCUT2D eigenvalue weighted by Gasteiger charge is 2.47. The molecule has 0 heterocycles. The molecule has 2 atom stereocenters. The first kappa shape index (κ1) is 12.4. The Morgan fingerprint density at radius 3 is 2.73 bits per heavy atom. The Labute approximate surface area is 90.4 Å². The molecule has 0 bridgehead atoms. The molecule has 1 aliphatic rings. The highest BCUT2D eigenvalue weighted by Crippen LogP contribution is 2.40. The van der Waals surface area contributed by atoms with Crippen LogP contribution in [0.1, 0.15) is 26.2 Å². The molecule has 0 N–H and O–H groups in total. The molecule has 0 aromatic heterocycles. The van der Waals surface area contributed by atoms with Crippen molar-refractivity contribution in [3.8, 4) is 0 Å². The molecule has 15 heavy (non-hydrogen) atoms. The van der Waals surface area contributed by atoms with Crippen LogP contribution in [0.4, 0.5) is 0 Å². The molecule has 0 radical (unpaired) electrons. The van der Waals surface area contributed by atoms with E-state index in [0.717, 1.165) is 6.26 Å². The van der Waals surface area contributed by atoms with E-state index in [1.165, 1.54) is 0 Å². The lowest BCUT2D eigenvalue weighted by Crippen LogP contribution is -2.35. The number of rotatable bonds is 4. The van der Waals surface area contributed by atoms with Gasteiger partial charge in [-0.1, -0.05) is 6.08 Å². The van der Waals surface area contributed by atoms with E-state index in [1.54, 1.807) is 13.0 Å². The zero-order chi connectivity index (χ0) is 11.7. The molecule has 0 saturated heterocycles. The number of ketones is 1.